The van der Waals surface area contributed by atoms with Crippen LogP contribution in [-0.2, 0) is 0 Å². The first kappa shape index (κ1) is 8.96. The molecule has 0 aliphatic carbocycles. The summed E-state index contributed by atoms with van der Waals surface area (Å²) >= 11 is 0. The summed E-state index contributed by atoms with van der Waals surface area (Å²) in [6, 6.07) is 7.53. The van der Waals surface area contributed by atoms with Crippen molar-refractivity contribution in [2.75, 3.05) is 7.11 Å². The Labute approximate surface area is 90.2 Å². The Bertz CT molecular complexity index is 727. The number of benzene rings is 1. The van der Waals surface area contributed by atoms with Crippen LogP contribution >= 0.6 is 0 Å². The van der Waals surface area contributed by atoms with Gasteiger partial charge >= 0.3 is 0 Å². The fourth-order valence-electron chi connectivity index (χ4n) is 1.92. The van der Waals surface area contributed by atoms with Crippen LogP contribution in [0.25, 0.3) is 21.8 Å². The molecule has 0 radical (unpaired) electrons. The van der Waals surface area contributed by atoms with Crippen molar-refractivity contribution in [1.29, 1.82) is 0 Å². The first-order valence-electron chi connectivity index (χ1n) is 4.84. The molecule has 0 bridgehead atoms. The number of fused-ring (bicyclic) bond motifs is 3. The Balaban J connectivity index is 2.70. The number of hydrogen-bond donors (Lipinski definition) is 1. The topological polar surface area (TPSA) is 59.9 Å². The SMILES string of the molecule is COn1c(=O)c2cn[nH]c2c2ccccc21. The number of rotatable bonds is 1. The van der Waals surface area contributed by atoms with E-state index < -0.39 is 0 Å². The highest BCUT2D eigenvalue weighted by Crippen LogP contribution is 2.19. The van der Waals surface area contributed by atoms with Crippen molar-refractivity contribution in [2.24, 2.45) is 0 Å². The van der Waals surface area contributed by atoms with Crippen LogP contribution in [-0.4, -0.2) is 22.0 Å². The van der Waals surface area contributed by atoms with Crippen LogP contribution in [0.3, 0.4) is 0 Å². The van der Waals surface area contributed by atoms with E-state index in [1.165, 1.54) is 18.0 Å². The van der Waals surface area contributed by atoms with E-state index in [0.717, 1.165) is 16.4 Å². The van der Waals surface area contributed by atoms with Crippen LogP contribution in [0.1, 0.15) is 0 Å². The molecular weight excluding hydrogens is 206 g/mol. The average Bonchev–Trinajstić information content (AvgIpc) is 2.79. The van der Waals surface area contributed by atoms with Gasteiger partial charge in [-0.1, -0.05) is 18.2 Å². The van der Waals surface area contributed by atoms with Crippen molar-refractivity contribution in [3.63, 3.8) is 0 Å². The van der Waals surface area contributed by atoms with Crippen LogP contribution in [0.15, 0.2) is 35.3 Å². The summed E-state index contributed by atoms with van der Waals surface area (Å²) in [4.78, 5) is 17.1. The molecule has 0 aliphatic heterocycles. The quantitative estimate of drug-likeness (QED) is 0.657. The van der Waals surface area contributed by atoms with Crippen molar-refractivity contribution in [3.8, 4) is 0 Å². The van der Waals surface area contributed by atoms with Crippen molar-refractivity contribution in [1.82, 2.24) is 14.9 Å². The van der Waals surface area contributed by atoms with Gasteiger partial charge in [0.25, 0.3) is 5.56 Å². The predicted molar refractivity (Wildman–Crippen MR) is 60.4 cm³/mol. The molecule has 80 valence electrons. The molecule has 5 nitrogen and oxygen atoms in total. The maximum Gasteiger partial charge on any atom is 0.294 e. The van der Waals surface area contributed by atoms with E-state index >= 15 is 0 Å². The Kier molecular flexibility index (Phi) is 1.73. The number of aromatic amines is 1. The standard InChI is InChI=1S/C11H9N3O2/c1-16-14-9-5-3-2-4-7(9)10-8(11(14)15)6-12-13-10/h2-6H,1H3,(H,12,13). The lowest BCUT2D eigenvalue weighted by atomic mass is 10.2. The minimum absolute atomic E-state index is 0.204. The van der Waals surface area contributed by atoms with Crippen LogP contribution < -0.4 is 10.4 Å². The first-order chi connectivity index (χ1) is 7.83. The molecule has 0 amide bonds. The normalized spacial score (nSPS) is 11.1. The Hall–Kier alpha value is -2.30. The zero-order valence-electron chi connectivity index (χ0n) is 8.60. The Morgan fingerprint density at radius 3 is 2.94 bits per heavy atom. The van der Waals surface area contributed by atoms with Gasteiger partial charge in [0.1, 0.15) is 7.11 Å². The molecule has 1 aromatic carbocycles. The summed E-state index contributed by atoms with van der Waals surface area (Å²) in [6.45, 7) is 0. The number of pyridine rings is 1. The number of aromatic nitrogens is 3. The number of nitrogens with one attached hydrogen (secondary N) is 1. The molecule has 3 rings (SSSR count). The second-order valence-electron chi connectivity index (χ2n) is 3.46. The average molecular weight is 215 g/mol. The van der Waals surface area contributed by atoms with Gasteiger partial charge in [-0.05, 0) is 6.07 Å². The van der Waals surface area contributed by atoms with Gasteiger partial charge in [-0.2, -0.15) is 5.10 Å². The van der Waals surface area contributed by atoms with Crippen LogP contribution in [0.2, 0.25) is 0 Å². The summed E-state index contributed by atoms with van der Waals surface area (Å²) in [7, 11) is 1.47. The summed E-state index contributed by atoms with van der Waals surface area (Å²) in [5.41, 5.74) is 1.27. The molecule has 16 heavy (non-hydrogen) atoms. The van der Waals surface area contributed by atoms with E-state index in [9.17, 15) is 4.79 Å². The maximum absolute atomic E-state index is 12.0. The van der Waals surface area contributed by atoms with E-state index in [1.807, 2.05) is 24.3 Å². The zero-order valence-corrected chi connectivity index (χ0v) is 8.60. The van der Waals surface area contributed by atoms with E-state index in [1.54, 1.807) is 0 Å². The van der Waals surface area contributed by atoms with Gasteiger partial charge in [0, 0.05) is 5.39 Å². The number of nitrogens with zero attached hydrogens (tertiary/aromatic N) is 2. The van der Waals surface area contributed by atoms with Crippen LogP contribution in [0, 0.1) is 0 Å². The lowest BCUT2D eigenvalue weighted by molar-refractivity contribution is 0.170. The molecule has 0 fully saturated rings. The van der Waals surface area contributed by atoms with E-state index in [-0.39, 0.29) is 5.56 Å². The van der Waals surface area contributed by atoms with E-state index in [4.69, 9.17) is 4.84 Å². The highest BCUT2D eigenvalue weighted by atomic mass is 16.6. The van der Waals surface area contributed by atoms with Gasteiger partial charge in [0.15, 0.2) is 0 Å². The Morgan fingerprint density at radius 2 is 2.12 bits per heavy atom. The van der Waals surface area contributed by atoms with Crippen molar-refractivity contribution >= 4 is 21.8 Å². The molecular formula is C11H9N3O2. The third-order valence-corrected chi connectivity index (χ3v) is 2.63. The number of hydrogen-bond acceptors (Lipinski definition) is 3. The van der Waals surface area contributed by atoms with Gasteiger partial charge in [-0.3, -0.25) is 9.89 Å². The molecule has 0 unspecified atom stereocenters. The van der Waals surface area contributed by atoms with Gasteiger partial charge in [-0.15, -0.1) is 4.73 Å². The zero-order chi connectivity index (χ0) is 11.1. The molecule has 1 N–H and O–H groups in total. The third kappa shape index (κ3) is 0.995. The molecule has 2 heterocycles. The predicted octanol–water partition coefficient (Wildman–Crippen LogP) is 0.936. The molecule has 0 atom stereocenters. The first-order valence-corrected chi connectivity index (χ1v) is 4.84. The second kappa shape index (κ2) is 3.10. The molecule has 0 saturated heterocycles. The summed E-state index contributed by atoms with van der Waals surface area (Å²) < 4.78 is 1.27. The van der Waals surface area contributed by atoms with Crippen molar-refractivity contribution in [3.05, 3.63) is 40.8 Å². The van der Waals surface area contributed by atoms with Gasteiger partial charge < -0.3 is 4.84 Å². The molecule has 0 saturated carbocycles. The monoisotopic (exact) mass is 215 g/mol. The molecule has 5 heteroatoms. The van der Waals surface area contributed by atoms with Gasteiger partial charge in [-0.25, -0.2) is 0 Å². The fourth-order valence-corrected chi connectivity index (χ4v) is 1.92. The summed E-state index contributed by atoms with van der Waals surface area (Å²) in [5.74, 6) is 0. The van der Waals surface area contributed by atoms with Crippen LogP contribution in [0.5, 0.6) is 0 Å². The van der Waals surface area contributed by atoms with Crippen molar-refractivity contribution < 1.29 is 4.84 Å². The van der Waals surface area contributed by atoms with E-state index in [2.05, 4.69) is 10.2 Å². The third-order valence-electron chi connectivity index (χ3n) is 2.63. The molecule has 0 aliphatic rings. The highest BCUT2D eigenvalue weighted by Gasteiger charge is 2.11. The summed E-state index contributed by atoms with van der Waals surface area (Å²) in [6.07, 6.45) is 1.51. The molecule has 2 aromatic heterocycles. The summed E-state index contributed by atoms with van der Waals surface area (Å²) in [5, 5.41) is 8.17. The molecule has 0 spiro atoms. The van der Waals surface area contributed by atoms with Gasteiger partial charge in [0.2, 0.25) is 0 Å². The van der Waals surface area contributed by atoms with Gasteiger partial charge in [0.05, 0.1) is 22.6 Å². The van der Waals surface area contributed by atoms with Crippen LogP contribution in [0.4, 0.5) is 0 Å². The minimum Gasteiger partial charge on any atom is -0.413 e. The lowest BCUT2D eigenvalue weighted by Gasteiger charge is -2.08. The Morgan fingerprint density at radius 1 is 1.31 bits per heavy atom. The number of H-pyrrole nitrogens is 1. The second-order valence-corrected chi connectivity index (χ2v) is 3.46. The maximum atomic E-state index is 12.0. The minimum atomic E-state index is -0.204. The highest BCUT2D eigenvalue weighted by molar-refractivity contribution is 6.02. The lowest BCUT2D eigenvalue weighted by Crippen LogP contribution is -2.24. The smallest absolute Gasteiger partial charge is 0.294 e. The van der Waals surface area contributed by atoms with E-state index in [0.29, 0.717) is 5.39 Å². The number of para-hydroxylation sites is 1. The molecule has 3 aromatic rings. The fraction of sp³-hybridized carbons (Fsp3) is 0.0909. The largest absolute Gasteiger partial charge is 0.413 e. The van der Waals surface area contributed by atoms with Crippen molar-refractivity contribution in [2.45, 2.75) is 0 Å².